The molecule has 0 bridgehead atoms. The van der Waals surface area contributed by atoms with Gasteiger partial charge in [0.1, 0.15) is 6.54 Å². The maximum Gasteiger partial charge on any atom is 0.253 e. The van der Waals surface area contributed by atoms with Gasteiger partial charge in [-0.1, -0.05) is 30.3 Å². The van der Waals surface area contributed by atoms with Gasteiger partial charge in [0.25, 0.3) is 5.91 Å². The molecule has 3 rings (SSSR count). The summed E-state index contributed by atoms with van der Waals surface area (Å²) < 4.78 is 36.9. The van der Waals surface area contributed by atoms with Crippen molar-refractivity contribution in [1.82, 2.24) is 5.32 Å². The lowest BCUT2D eigenvalue weighted by atomic mass is 10.1. The standard InChI is InChI=1S/C26H28BrN3O6S/c1-35-23-13-12-18(16-24(23)36-2)14-15-28-26(32)19-8-4-6-10-21(19)29-25(31)17-30(37(3,33)34)22-11-7-5-9-20(22)27/h4-13,16H,14-15,17H2,1-3H3,(H,28,32)(H,29,31). The summed E-state index contributed by atoms with van der Waals surface area (Å²) in [6, 6.07) is 18.8. The van der Waals surface area contributed by atoms with Gasteiger partial charge < -0.3 is 20.1 Å². The lowest BCUT2D eigenvalue weighted by molar-refractivity contribution is -0.114. The second-order valence-electron chi connectivity index (χ2n) is 8.01. The number of hydrogen-bond acceptors (Lipinski definition) is 6. The first kappa shape index (κ1) is 28.0. The molecule has 2 amide bonds. The van der Waals surface area contributed by atoms with E-state index in [9.17, 15) is 18.0 Å². The number of nitrogens with one attached hydrogen (secondary N) is 2. The topological polar surface area (TPSA) is 114 Å². The van der Waals surface area contributed by atoms with E-state index in [2.05, 4.69) is 26.6 Å². The van der Waals surface area contributed by atoms with Crippen molar-refractivity contribution in [3.63, 3.8) is 0 Å². The zero-order valence-corrected chi connectivity index (χ0v) is 23.1. The van der Waals surface area contributed by atoms with Crippen molar-refractivity contribution in [3.8, 4) is 11.5 Å². The number of benzene rings is 3. The lowest BCUT2D eigenvalue weighted by Crippen LogP contribution is -2.38. The monoisotopic (exact) mass is 589 g/mol. The zero-order valence-electron chi connectivity index (χ0n) is 20.7. The molecule has 3 aromatic carbocycles. The minimum atomic E-state index is -3.76. The Morgan fingerprint density at radius 3 is 2.30 bits per heavy atom. The molecular weight excluding hydrogens is 562 g/mol. The number of amides is 2. The molecule has 3 aromatic rings. The summed E-state index contributed by atoms with van der Waals surface area (Å²) in [5, 5.41) is 5.52. The van der Waals surface area contributed by atoms with Crippen LogP contribution < -0.4 is 24.4 Å². The van der Waals surface area contributed by atoms with Crippen molar-refractivity contribution in [3.05, 3.63) is 82.3 Å². The number of anilines is 2. The summed E-state index contributed by atoms with van der Waals surface area (Å²) in [6.45, 7) is -0.114. The molecule has 0 aliphatic heterocycles. The molecule has 0 saturated heterocycles. The summed E-state index contributed by atoms with van der Waals surface area (Å²) in [5.74, 6) is 0.257. The van der Waals surface area contributed by atoms with Crippen LogP contribution in [0.15, 0.2) is 71.2 Å². The second-order valence-corrected chi connectivity index (χ2v) is 10.8. The summed E-state index contributed by atoms with van der Waals surface area (Å²) in [4.78, 5) is 25.7. The van der Waals surface area contributed by atoms with Crippen LogP contribution in [0.3, 0.4) is 0 Å². The van der Waals surface area contributed by atoms with Gasteiger partial charge >= 0.3 is 0 Å². The van der Waals surface area contributed by atoms with Gasteiger partial charge in [0.15, 0.2) is 11.5 Å². The number of carbonyl (C=O) groups is 2. The van der Waals surface area contributed by atoms with Crippen LogP contribution in [0.25, 0.3) is 0 Å². The number of rotatable bonds is 11. The van der Waals surface area contributed by atoms with Gasteiger partial charge in [0, 0.05) is 11.0 Å². The number of ether oxygens (including phenoxy) is 2. The molecular formula is C26H28BrN3O6S. The predicted octanol–water partition coefficient (Wildman–Crippen LogP) is 3.84. The number of hydrogen-bond donors (Lipinski definition) is 2. The average molecular weight is 590 g/mol. The highest BCUT2D eigenvalue weighted by molar-refractivity contribution is 9.10. The molecule has 0 radical (unpaired) electrons. The third-order valence-electron chi connectivity index (χ3n) is 5.40. The quantitative estimate of drug-likeness (QED) is 0.351. The molecule has 2 N–H and O–H groups in total. The van der Waals surface area contributed by atoms with Crippen LogP contribution in [0.2, 0.25) is 0 Å². The number of nitrogens with zero attached hydrogens (tertiary/aromatic N) is 1. The fourth-order valence-electron chi connectivity index (χ4n) is 3.60. The van der Waals surface area contributed by atoms with Gasteiger partial charge in [-0.15, -0.1) is 0 Å². The van der Waals surface area contributed by atoms with Crippen LogP contribution in [0.5, 0.6) is 11.5 Å². The molecule has 37 heavy (non-hydrogen) atoms. The van der Waals surface area contributed by atoms with Crippen molar-refractivity contribution in [2.45, 2.75) is 6.42 Å². The molecule has 196 valence electrons. The van der Waals surface area contributed by atoms with E-state index >= 15 is 0 Å². The van der Waals surface area contributed by atoms with Crippen LogP contribution in [-0.2, 0) is 21.2 Å². The smallest absolute Gasteiger partial charge is 0.253 e. The van der Waals surface area contributed by atoms with Crippen LogP contribution in [0.1, 0.15) is 15.9 Å². The minimum absolute atomic E-state index is 0.259. The minimum Gasteiger partial charge on any atom is -0.493 e. The molecule has 0 aliphatic rings. The van der Waals surface area contributed by atoms with E-state index < -0.39 is 22.5 Å². The third kappa shape index (κ3) is 7.46. The Hall–Kier alpha value is -3.57. The van der Waals surface area contributed by atoms with Gasteiger partial charge in [0.2, 0.25) is 15.9 Å². The normalized spacial score (nSPS) is 10.9. The van der Waals surface area contributed by atoms with E-state index in [1.165, 1.54) is 0 Å². The Kier molecular flexibility index (Phi) is 9.54. The molecule has 0 spiro atoms. The summed E-state index contributed by atoms with van der Waals surface area (Å²) in [5.41, 5.74) is 1.82. The molecule has 0 atom stereocenters. The van der Waals surface area contributed by atoms with Crippen LogP contribution >= 0.6 is 15.9 Å². The highest BCUT2D eigenvalue weighted by Gasteiger charge is 2.23. The van der Waals surface area contributed by atoms with E-state index in [1.807, 2.05) is 12.1 Å². The molecule has 0 aromatic heterocycles. The van der Waals surface area contributed by atoms with Gasteiger partial charge in [-0.25, -0.2) is 8.42 Å². The molecule has 0 aliphatic carbocycles. The maximum absolute atomic E-state index is 12.9. The molecule has 9 nitrogen and oxygen atoms in total. The molecule has 11 heteroatoms. The average Bonchev–Trinajstić information content (AvgIpc) is 2.87. The van der Waals surface area contributed by atoms with Crippen molar-refractivity contribution in [2.24, 2.45) is 0 Å². The Labute approximate surface area is 225 Å². The van der Waals surface area contributed by atoms with Crippen molar-refractivity contribution in [2.75, 3.05) is 43.2 Å². The summed E-state index contributed by atoms with van der Waals surface area (Å²) in [6.07, 6.45) is 1.58. The van der Waals surface area contributed by atoms with Crippen molar-refractivity contribution < 1.29 is 27.5 Å². The van der Waals surface area contributed by atoms with E-state index in [0.717, 1.165) is 16.1 Å². The number of carbonyl (C=O) groups excluding carboxylic acids is 2. The lowest BCUT2D eigenvalue weighted by Gasteiger charge is -2.23. The van der Waals surface area contributed by atoms with Gasteiger partial charge in [0.05, 0.1) is 37.4 Å². The Morgan fingerprint density at radius 1 is 0.946 bits per heavy atom. The Balaban J connectivity index is 1.67. The van der Waals surface area contributed by atoms with Crippen molar-refractivity contribution >= 4 is 49.1 Å². The largest absolute Gasteiger partial charge is 0.493 e. The van der Waals surface area contributed by atoms with Crippen LogP contribution in [-0.4, -0.2) is 53.8 Å². The predicted molar refractivity (Wildman–Crippen MR) is 147 cm³/mol. The Morgan fingerprint density at radius 2 is 1.62 bits per heavy atom. The summed E-state index contributed by atoms with van der Waals surface area (Å²) in [7, 11) is -0.635. The number of para-hydroxylation sites is 2. The molecule has 0 saturated carbocycles. The maximum atomic E-state index is 12.9. The van der Waals surface area contributed by atoms with E-state index in [-0.39, 0.29) is 17.2 Å². The number of sulfonamides is 1. The molecule has 0 unspecified atom stereocenters. The van der Waals surface area contributed by atoms with Gasteiger partial charge in [-0.3, -0.25) is 13.9 Å². The summed E-state index contributed by atoms with van der Waals surface area (Å²) >= 11 is 3.33. The molecule has 0 fully saturated rings. The second kappa shape index (κ2) is 12.6. The van der Waals surface area contributed by atoms with Gasteiger partial charge in [-0.2, -0.15) is 0 Å². The van der Waals surface area contributed by atoms with E-state index in [4.69, 9.17) is 9.47 Å². The van der Waals surface area contributed by atoms with E-state index in [1.54, 1.807) is 68.8 Å². The van der Waals surface area contributed by atoms with Crippen LogP contribution in [0, 0.1) is 0 Å². The number of halogens is 1. The Bertz CT molecular complexity index is 1380. The first-order valence-electron chi connectivity index (χ1n) is 11.2. The first-order chi connectivity index (χ1) is 17.6. The SMILES string of the molecule is COc1ccc(CCNC(=O)c2ccccc2NC(=O)CN(c2ccccc2Br)S(C)(=O)=O)cc1OC. The molecule has 0 heterocycles. The number of methoxy groups -OCH3 is 2. The highest BCUT2D eigenvalue weighted by Crippen LogP contribution is 2.28. The highest BCUT2D eigenvalue weighted by atomic mass is 79.9. The fourth-order valence-corrected chi connectivity index (χ4v) is 5.08. The zero-order chi connectivity index (χ0) is 27.0. The van der Waals surface area contributed by atoms with Crippen molar-refractivity contribution in [1.29, 1.82) is 0 Å². The van der Waals surface area contributed by atoms with Crippen LogP contribution in [0.4, 0.5) is 11.4 Å². The van der Waals surface area contributed by atoms with Gasteiger partial charge in [-0.05, 0) is 64.3 Å². The van der Waals surface area contributed by atoms with E-state index in [0.29, 0.717) is 34.6 Å². The fraction of sp³-hybridized carbons (Fsp3) is 0.231. The first-order valence-corrected chi connectivity index (χ1v) is 13.9. The third-order valence-corrected chi connectivity index (χ3v) is 7.20.